The molecular formula is C15H25NO4. The fourth-order valence-corrected chi connectivity index (χ4v) is 2.80. The standard InChI is InChI=1S/C15H25NO4/c1-15(2,3)20-14(18)16-10-6-9-12(16)13(17)19-11-7-4-5-8-11/h11-12H,4-10H2,1-3H3/t12-/m1/s1. The number of amides is 1. The number of rotatable bonds is 2. The fourth-order valence-electron chi connectivity index (χ4n) is 2.80. The third-order valence-electron chi connectivity index (χ3n) is 3.74. The summed E-state index contributed by atoms with van der Waals surface area (Å²) in [5.74, 6) is -0.264. The molecule has 5 nitrogen and oxygen atoms in total. The minimum Gasteiger partial charge on any atom is -0.461 e. The summed E-state index contributed by atoms with van der Waals surface area (Å²) in [6.07, 6.45) is 5.27. The van der Waals surface area contributed by atoms with Gasteiger partial charge in [0.05, 0.1) is 0 Å². The normalized spacial score (nSPS) is 23.9. The lowest BCUT2D eigenvalue weighted by Gasteiger charge is -2.28. The van der Waals surface area contributed by atoms with E-state index in [1.807, 2.05) is 20.8 Å². The molecule has 5 heteroatoms. The van der Waals surface area contributed by atoms with E-state index in [-0.39, 0.29) is 12.1 Å². The Bertz CT molecular complexity index is 369. The molecule has 1 amide bonds. The van der Waals surface area contributed by atoms with E-state index in [1.54, 1.807) is 0 Å². The van der Waals surface area contributed by atoms with Crippen molar-refractivity contribution in [2.75, 3.05) is 6.54 Å². The molecule has 1 heterocycles. The highest BCUT2D eigenvalue weighted by Gasteiger charge is 2.38. The quantitative estimate of drug-likeness (QED) is 0.731. The Morgan fingerprint density at radius 1 is 1.05 bits per heavy atom. The molecular weight excluding hydrogens is 258 g/mol. The van der Waals surface area contributed by atoms with Gasteiger partial charge in [0.25, 0.3) is 0 Å². The maximum Gasteiger partial charge on any atom is 0.411 e. The molecule has 114 valence electrons. The summed E-state index contributed by atoms with van der Waals surface area (Å²) in [4.78, 5) is 25.8. The molecule has 0 spiro atoms. The third kappa shape index (κ3) is 3.87. The van der Waals surface area contributed by atoms with Crippen LogP contribution in [0.25, 0.3) is 0 Å². The number of likely N-dealkylation sites (tertiary alicyclic amines) is 1. The van der Waals surface area contributed by atoms with Crippen molar-refractivity contribution in [2.24, 2.45) is 0 Å². The van der Waals surface area contributed by atoms with Crippen LogP contribution in [0.1, 0.15) is 59.3 Å². The van der Waals surface area contributed by atoms with Gasteiger partial charge in [-0.25, -0.2) is 9.59 Å². The SMILES string of the molecule is CC(C)(C)OC(=O)N1CCC[C@@H]1C(=O)OC1CCCC1. The Morgan fingerprint density at radius 2 is 1.70 bits per heavy atom. The minimum atomic E-state index is -0.542. The number of nitrogens with zero attached hydrogens (tertiary/aromatic N) is 1. The van der Waals surface area contributed by atoms with Gasteiger partial charge >= 0.3 is 12.1 Å². The van der Waals surface area contributed by atoms with Crippen LogP contribution in [0.3, 0.4) is 0 Å². The second-order valence-electron chi connectivity index (χ2n) is 6.68. The van der Waals surface area contributed by atoms with Crippen molar-refractivity contribution in [3.63, 3.8) is 0 Å². The second-order valence-corrected chi connectivity index (χ2v) is 6.68. The van der Waals surface area contributed by atoms with Crippen LogP contribution in [0.4, 0.5) is 4.79 Å². The summed E-state index contributed by atoms with van der Waals surface area (Å²) in [7, 11) is 0. The van der Waals surface area contributed by atoms with E-state index in [0.29, 0.717) is 13.0 Å². The molecule has 20 heavy (non-hydrogen) atoms. The van der Waals surface area contributed by atoms with Crippen molar-refractivity contribution >= 4 is 12.1 Å². The molecule has 1 aliphatic heterocycles. The summed E-state index contributed by atoms with van der Waals surface area (Å²) in [6.45, 7) is 6.05. The van der Waals surface area contributed by atoms with Crippen LogP contribution in [0.5, 0.6) is 0 Å². The van der Waals surface area contributed by atoms with E-state index in [1.165, 1.54) is 4.90 Å². The number of hydrogen-bond donors (Lipinski definition) is 0. The monoisotopic (exact) mass is 283 g/mol. The summed E-state index contributed by atoms with van der Waals surface area (Å²) < 4.78 is 10.9. The first kappa shape index (κ1) is 15.1. The molecule has 0 radical (unpaired) electrons. The molecule has 2 aliphatic rings. The second kappa shape index (κ2) is 6.02. The third-order valence-corrected chi connectivity index (χ3v) is 3.74. The van der Waals surface area contributed by atoms with Crippen molar-refractivity contribution in [1.29, 1.82) is 0 Å². The van der Waals surface area contributed by atoms with Crippen LogP contribution >= 0.6 is 0 Å². The van der Waals surface area contributed by atoms with Gasteiger partial charge in [0.15, 0.2) is 0 Å². The van der Waals surface area contributed by atoms with Crippen molar-refractivity contribution in [2.45, 2.75) is 77.0 Å². The van der Waals surface area contributed by atoms with Gasteiger partial charge in [-0.05, 0) is 59.3 Å². The number of carbonyl (C=O) groups excluding carboxylic acids is 2. The van der Waals surface area contributed by atoms with E-state index < -0.39 is 17.7 Å². The highest BCUT2D eigenvalue weighted by Crippen LogP contribution is 2.25. The van der Waals surface area contributed by atoms with Crippen LogP contribution in [0.15, 0.2) is 0 Å². The average Bonchev–Trinajstić information content (AvgIpc) is 2.96. The Labute approximate surface area is 120 Å². The molecule has 0 aromatic carbocycles. The molecule has 0 N–H and O–H groups in total. The molecule has 1 atom stereocenters. The topological polar surface area (TPSA) is 55.8 Å². The average molecular weight is 283 g/mol. The molecule has 2 rings (SSSR count). The predicted octanol–water partition coefficient (Wildman–Crippen LogP) is 2.87. The van der Waals surface area contributed by atoms with Crippen LogP contribution in [-0.4, -0.2) is 41.3 Å². The summed E-state index contributed by atoms with van der Waals surface area (Å²) in [6, 6.07) is -0.467. The number of ether oxygens (including phenoxy) is 2. The van der Waals surface area contributed by atoms with Crippen LogP contribution in [0.2, 0.25) is 0 Å². The van der Waals surface area contributed by atoms with Crippen molar-refractivity contribution < 1.29 is 19.1 Å². The van der Waals surface area contributed by atoms with Crippen molar-refractivity contribution in [3.05, 3.63) is 0 Å². The lowest BCUT2D eigenvalue weighted by atomic mass is 10.2. The summed E-state index contributed by atoms with van der Waals surface area (Å²) >= 11 is 0. The molecule has 0 unspecified atom stereocenters. The smallest absolute Gasteiger partial charge is 0.411 e. The van der Waals surface area contributed by atoms with Gasteiger partial charge in [-0.2, -0.15) is 0 Å². The molecule has 1 saturated heterocycles. The molecule has 2 fully saturated rings. The van der Waals surface area contributed by atoms with Gasteiger partial charge in [0.1, 0.15) is 17.7 Å². The summed E-state index contributed by atoms with van der Waals surface area (Å²) in [5.41, 5.74) is -0.542. The Balaban J connectivity index is 1.92. The van der Waals surface area contributed by atoms with Crippen LogP contribution in [-0.2, 0) is 14.3 Å². The van der Waals surface area contributed by atoms with Gasteiger partial charge in [-0.3, -0.25) is 4.90 Å². The van der Waals surface area contributed by atoms with Gasteiger partial charge < -0.3 is 9.47 Å². The summed E-state index contributed by atoms with van der Waals surface area (Å²) in [5, 5.41) is 0. The zero-order valence-electron chi connectivity index (χ0n) is 12.7. The molecule has 0 aromatic rings. The van der Waals surface area contributed by atoms with E-state index in [9.17, 15) is 9.59 Å². The lowest BCUT2D eigenvalue weighted by Crippen LogP contribution is -2.44. The first-order valence-electron chi connectivity index (χ1n) is 7.57. The molecule has 0 bridgehead atoms. The highest BCUT2D eigenvalue weighted by atomic mass is 16.6. The fraction of sp³-hybridized carbons (Fsp3) is 0.867. The van der Waals surface area contributed by atoms with Gasteiger partial charge in [-0.1, -0.05) is 0 Å². The van der Waals surface area contributed by atoms with Gasteiger partial charge in [0, 0.05) is 6.54 Å². The highest BCUT2D eigenvalue weighted by molar-refractivity contribution is 5.82. The number of hydrogen-bond acceptors (Lipinski definition) is 4. The zero-order valence-corrected chi connectivity index (χ0v) is 12.7. The van der Waals surface area contributed by atoms with Crippen LogP contribution in [0, 0.1) is 0 Å². The van der Waals surface area contributed by atoms with Crippen molar-refractivity contribution in [1.82, 2.24) is 4.90 Å². The zero-order chi connectivity index (χ0) is 14.8. The van der Waals surface area contributed by atoms with E-state index in [4.69, 9.17) is 9.47 Å². The van der Waals surface area contributed by atoms with Gasteiger partial charge in [-0.15, -0.1) is 0 Å². The van der Waals surface area contributed by atoms with Crippen LogP contribution < -0.4 is 0 Å². The largest absolute Gasteiger partial charge is 0.461 e. The maximum atomic E-state index is 12.2. The van der Waals surface area contributed by atoms with E-state index >= 15 is 0 Å². The molecule has 1 aliphatic carbocycles. The molecule has 1 saturated carbocycles. The minimum absolute atomic E-state index is 0.0450. The Kier molecular flexibility index (Phi) is 4.55. The first-order chi connectivity index (χ1) is 9.37. The number of esters is 1. The number of carbonyl (C=O) groups is 2. The van der Waals surface area contributed by atoms with Gasteiger partial charge in [0.2, 0.25) is 0 Å². The van der Waals surface area contributed by atoms with E-state index in [2.05, 4.69) is 0 Å². The predicted molar refractivity (Wildman–Crippen MR) is 74.3 cm³/mol. The first-order valence-corrected chi connectivity index (χ1v) is 7.57. The van der Waals surface area contributed by atoms with E-state index in [0.717, 1.165) is 32.1 Å². The molecule has 0 aromatic heterocycles. The Hall–Kier alpha value is -1.26. The Morgan fingerprint density at radius 3 is 2.30 bits per heavy atom. The lowest BCUT2D eigenvalue weighted by molar-refractivity contribution is -0.154. The van der Waals surface area contributed by atoms with Crippen molar-refractivity contribution in [3.8, 4) is 0 Å². The maximum absolute atomic E-state index is 12.2.